The van der Waals surface area contributed by atoms with E-state index in [1.54, 1.807) is 6.92 Å². The molecule has 3 heteroatoms. The van der Waals surface area contributed by atoms with Crippen molar-refractivity contribution in [1.29, 1.82) is 0 Å². The highest BCUT2D eigenvalue weighted by Crippen LogP contribution is 2.20. The predicted octanol–water partition coefficient (Wildman–Crippen LogP) is 3.12. The Balaban J connectivity index is 2.21. The molecule has 0 fully saturated rings. The van der Waals surface area contributed by atoms with Gasteiger partial charge in [-0.25, -0.2) is 9.55 Å². The Morgan fingerprint density at radius 3 is 2.30 bits per heavy atom. The van der Waals surface area contributed by atoms with Gasteiger partial charge in [0, 0.05) is 0 Å². The number of para-hydroxylation sites is 2. The van der Waals surface area contributed by atoms with Crippen LogP contribution in [0.4, 0.5) is 0 Å². The minimum Gasteiger partial charge on any atom is -0.381 e. The first-order chi connectivity index (χ1) is 9.68. The summed E-state index contributed by atoms with van der Waals surface area (Å²) in [5.74, 6) is 0.836. The van der Waals surface area contributed by atoms with Gasteiger partial charge in [-0.05, 0) is 31.5 Å². The molecule has 1 heterocycles. The molecule has 20 heavy (non-hydrogen) atoms. The van der Waals surface area contributed by atoms with Crippen LogP contribution in [0.3, 0.4) is 0 Å². The van der Waals surface area contributed by atoms with E-state index in [4.69, 9.17) is 0 Å². The molecule has 2 N–H and O–H groups in total. The summed E-state index contributed by atoms with van der Waals surface area (Å²) in [6.07, 6.45) is -0.534. The highest BCUT2D eigenvalue weighted by molar-refractivity contribution is 5.71. The van der Waals surface area contributed by atoms with Crippen LogP contribution in [-0.4, -0.2) is 10.1 Å². The van der Waals surface area contributed by atoms with E-state index < -0.39 is 6.10 Å². The van der Waals surface area contributed by atoms with Crippen LogP contribution in [-0.2, 0) is 0 Å². The summed E-state index contributed by atoms with van der Waals surface area (Å²) < 4.78 is 2.18. The number of nitrogens with one attached hydrogen (secondary N) is 1. The van der Waals surface area contributed by atoms with E-state index in [2.05, 4.69) is 34.7 Å². The molecule has 0 saturated carbocycles. The lowest BCUT2D eigenvalue weighted by Gasteiger charge is -2.12. The van der Waals surface area contributed by atoms with E-state index in [-0.39, 0.29) is 6.04 Å². The number of hydrogen-bond donors (Lipinski definition) is 2. The Morgan fingerprint density at radius 1 is 0.950 bits per heavy atom. The molecule has 2 atom stereocenters. The van der Waals surface area contributed by atoms with Gasteiger partial charge < -0.3 is 5.11 Å². The summed E-state index contributed by atoms with van der Waals surface area (Å²) in [5, 5.41) is 10.0. The zero-order chi connectivity index (χ0) is 14.1. The molecule has 3 rings (SSSR count). The van der Waals surface area contributed by atoms with Crippen molar-refractivity contribution in [1.82, 2.24) is 4.98 Å². The fourth-order valence-electron chi connectivity index (χ4n) is 2.72. The highest BCUT2D eigenvalue weighted by atomic mass is 16.3. The van der Waals surface area contributed by atoms with Crippen LogP contribution in [0.5, 0.6) is 0 Å². The molecule has 0 aliphatic rings. The Bertz CT molecular complexity index is 716. The Labute approximate surface area is 118 Å². The molecular formula is C17H19N2O+. The lowest BCUT2D eigenvalue weighted by atomic mass is 10.1. The van der Waals surface area contributed by atoms with Crippen LogP contribution in [0, 0.1) is 0 Å². The Morgan fingerprint density at radius 2 is 1.60 bits per heavy atom. The number of fused-ring (bicyclic) bond motifs is 1. The molecular weight excluding hydrogens is 248 g/mol. The summed E-state index contributed by atoms with van der Waals surface area (Å²) in [6.45, 7) is 3.94. The number of nitrogens with zero attached hydrogens (tertiary/aromatic N) is 1. The third-order valence-electron chi connectivity index (χ3n) is 3.75. The smallest absolute Gasteiger partial charge is 0.284 e. The summed E-state index contributed by atoms with van der Waals surface area (Å²) >= 11 is 0. The van der Waals surface area contributed by atoms with E-state index in [1.165, 1.54) is 5.56 Å². The monoisotopic (exact) mass is 267 g/mol. The fraction of sp³-hybridized carbons (Fsp3) is 0.235. The Kier molecular flexibility index (Phi) is 3.28. The first-order valence-electron chi connectivity index (χ1n) is 6.93. The highest BCUT2D eigenvalue weighted by Gasteiger charge is 2.26. The normalized spacial score (nSPS) is 14.3. The van der Waals surface area contributed by atoms with Crippen molar-refractivity contribution in [3.8, 4) is 0 Å². The first kappa shape index (κ1) is 12.9. The molecule has 0 spiro atoms. The molecule has 0 saturated heterocycles. The summed E-state index contributed by atoms with van der Waals surface area (Å²) in [4.78, 5) is 3.33. The average molecular weight is 267 g/mol. The maximum atomic E-state index is 10.0. The van der Waals surface area contributed by atoms with Crippen molar-refractivity contribution >= 4 is 11.0 Å². The van der Waals surface area contributed by atoms with E-state index in [0.717, 1.165) is 16.9 Å². The largest absolute Gasteiger partial charge is 0.381 e. The van der Waals surface area contributed by atoms with Crippen LogP contribution in [0.1, 0.15) is 37.4 Å². The van der Waals surface area contributed by atoms with Crippen molar-refractivity contribution in [3.63, 3.8) is 0 Å². The molecule has 2 aromatic carbocycles. The maximum absolute atomic E-state index is 10.0. The van der Waals surface area contributed by atoms with Crippen LogP contribution in [0.2, 0.25) is 0 Å². The van der Waals surface area contributed by atoms with Crippen LogP contribution < -0.4 is 4.57 Å². The van der Waals surface area contributed by atoms with Gasteiger partial charge in [-0.3, -0.25) is 0 Å². The number of H-pyrrole nitrogens is 1. The topological polar surface area (TPSA) is 39.9 Å². The van der Waals surface area contributed by atoms with Gasteiger partial charge in [-0.2, -0.15) is 0 Å². The summed E-state index contributed by atoms with van der Waals surface area (Å²) in [7, 11) is 0. The van der Waals surface area contributed by atoms with E-state index >= 15 is 0 Å². The van der Waals surface area contributed by atoms with Crippen LogP contribution in [0.25, 0.3) is 11.0 Å². The zero-order valence-electron chi connectivity index (χ0n) is 11.7. The third kappa shape index (κ3) is 2.10. The van der Waals surface area contributed by atoms with Crippen molar-refractivity contribution in [2.75, 3.05) is 0 Å². The quantitative estimate of drug-likeness (QED) is 0.703. The second-order valence-electron chi connectivity index (χ2n) is 5.16. The molecule has 1 aromatic heterocycles. The molecule has 0 bridgehead atoms. The molecule has 0 amide bonds. The number of benzene rings is 2. The van der Waals surface area contributed by atoms with Crippen LogP contribution in [0.15, 0.2) is 54.6 Å². The number of rotatable bonds is 3. The number of aliphatic hydroxyl groups is 1. The Hall–Kier alpha value is -2.13. The molecule has 3 nitrogen and oxygen atoms in total. The van der Waals surface area contributed by atoms with Crippen molar-refractivity contribution < 1.29 is 9.67 Å². The molecule has 0 aliphatic heterocycles. The van der Waals surface area contributed by atoms with Crippen molar-refractivity contribution in [2.24, 2.45) is 0 Å². The summed E-state index contributed by atoms with van der Waals surface area (Å²) in [5.41, 5.74) is 3.38. The van der Waals surface area contributed by atoms with E-state index in [0.29, 0.717) is 0 Å². The molecule has 3 aromatic rings. The SMILES string of the molecule is CC(O)c1[nH]c2ccccc2[n+]1C(C)c1ccccc1. The minimum atomic E-state index is -0.534. The van der Waals surface area contributed by atoms with Crippen molar-refractivity contribution in [3.05, 3.63) is 66.0 Å². The van der Waals surface area contributed by atoms with Gasteiger partial charge in [-0.1, -0.05) is 42.5 Å². The lowest BCUT2D eigenvalue weighted by molar-refractivity contribution is -0.696. The van der Waals surface area contributed by atoms with Gasteiger partial charge in [0.05, 0.1) is 0 Å². The number of imidazole rings is 1. The van der Waals surface area contributed by atoms with Gasteiger partial charge in [0.2, 0.25) is 0 Å². The standard InChI is InChI=1S/C17H18N2O/c1-12(14-8-4-3-5-9-14)19-16-11-7-6-10-15(16)18-17(19)13(2)20/h3-13,20H,1-2H3/p+1. The second kappa shape index (κ2) is 5.10. The molecule has 102 valence electrons. The summed E-state index contributed by atoms with van der Waals surface area (Å²) in [6, 6.07) is 18.6. The van der Waals surface area contributed by atoms with Gasteiger partial charge >= 0.3 is 0 Å². The van der Waals surface area contributed by atoms with Gasteiger partial charge in [0.15, 0.2) is 17.1 Å². The predicted molar refractivity (Wildman–Crippen MR) is 79.4 cm³/mol. The van der Waals surface area contributed by atoms with Gasteiger partial charge in [-0.15, -0.1) is 0 Å². The number of aliphatic hydroxyl groups excluding tert-OH is 1. The molecule has 0 radical (unpaired) electrons. The van der Waals surface area contributed by atoms with Gasteiger partial charge in [0.1, 0.15) is 6.04 Å². The van der Waals surface area contributed by atoms with Gasteiger partial charge in [0.25, 0.3) is 5.82 Å². The third-order valence-corrected chi connectivity index (χ3v) is 3.75. The number of aromatic nitrogens is 2. The maximum Gasteiger partial charge on any atom is 0.284 e. The fourth-order valence-corrected chi connectivity index (χ4v) is 2.72. The first-order valence-corrected chi connectivity index (χ1v) is 6.93. The zero-order valence-corrected chi connectivity index (χ0v) is 11.7. The number of aromatic amines is 1. The van der Waals surface area contributed by atoms with E-state index in [9.17, 15) is 5.11 Å². The average Bonchev–Trinajstić information content (AvgIpc) is 2.87. The minimum absolute atomic E-state index is 0.164. The number of hydrogen-bond acceptors (Lipinski definition) is 1. The van der Waals surface area contributed by atoms with Crippen molar-refractivity contribution in [2.45, 2.75) is 26.0 Å². The van der Waals surface area contributed by atoms with Crippen LogP contribution >= 0.6 is 0 Å². The molecule has 2 unspecified atom stereocenters. The second-order valence-corrected chi connectivity index (χ2v) is 5.16. The lowest BCUT2D eigenvalue weighted by Crippen LogP contribution is -2.42. The van der Waals surface area contributed by atoms with E-state index in [1.807, 2.05) is 36.4 Å². The molecule has 0 aliphatic carbocycles.